The van der Waals surface area contributed by atoms with Crippen LogP contribution < -0.4 is 5.32 Å². The Bertz CT molecular complexity index is 376. The van der Waals surface area contributed by atoms with Crippen molar-refractivity contribution >= 4 is 0 Å². The number of hydrogen-bond acceptors (Lipinski definition) is 4. The fourth-order valence-electron chi connectivity index (χ4n) is 3.22. The summed E-state index contributed by atoms with van der Waals surface area (Å²) in [7, 11) is 0. The Balaban J connectivity index is 1.55. The molecular weight excluding hydrogens is 214 g/mol. The van der Waals surface area contributed by atoms with E-state index in [-0.39, 0.29) is 0 Å². The molecule has 2 aliphatic rings. The van der Waals surface area contributed by atoms with Crippen LogP contribution in [0, 0.1) is 6.92 Å². The Hall–Kier alpha value is -0.870. The van der Waals surface area contributed by atoms with Gasteiger partial charge in [-0.05, 0) is 32.7 Å². The summed E-state index contributed by atoms with van der Waals surface area (Å²) in [5.41, 5.74) is 1.02. The zero-order valence-electron chi connectivity index (χ0n) is 10.5. The third kappa shape index (κ3) is 2.38. The minimum absolute atomic E-state index is 0.646. The van der Waals surface area contributed by atoms with Crippen LogP contribution in [0.5, 0.6) is 0 Å². The molecule has 0 spiro atoms. The van der Waals surface area contributed by atoms with Gasteiger partial charge in [0.25, 0.3) is 0 Å². The lowest BCUT2D eigenvalue weighted by Crippen LogP contribution is -2.44. The maximum atomic E-state index is 5.09. The first-order valence-corrected chi connectivity index (χ1v) is 6.72. The van der Waals surface area contributed by atoms with E-state index in [0.29, 0.717) is 6.04 Å². The maximum absolute atomic E-state index is 5.09. The van der Waals surface area contributed by atoms with E-state index in [2.05, 4.69) is 15.4 Å². The molecule has 2 aliphatic heterocycles. The maximum Gasteiger partial charge on any atom is 0.133 e. The van der Waals surface area contributed by atoms with Gasteiger partial charge < -0.3 is 9.84 Å². The van der Waals surface area contributed by atoms with Gasteiger partial charge in [-0.15, -0.1) is 0 Å². The Morgan fingerprint density at radius 3 is 3.18 bits per heavy atom. The molecule has 17 heavy (non-hydrogen) atoms. The number of hydrogen-bond donors (Lipinski definition) is 1. The quantitative estimate of drug-likeness (QED) is 0.866. The van der Waals surface area contributed by atoms with E-state index in [1.165, 1.54) is 38.8 Å². The third-order valence-corrected chi connectivity index (χ3v) is 4.08. The molecule has 0 radical (unpaired) electrons. The van der Waals surface area contributed by atoms with Gasteiger partial charge in [-0.1, -0.05) is 11.6 Å². The minimum atomic E-state index is 0.646. The van der Waals surface area contributed by atoms with Gasteiger partial charge in [0, 0.05) is 31.2 Å². The normalized spacial score (nSPS) is 29.5. The van der Waals surface area contributed by atoms with Gasteiger partial charge in [-0.2, -0.15) is 0 Å². The second-order valence-electron chi connectivity index (χ2n) is 5.30. The molecule has 3 rings (SSSR count). The van der Waals surface area contributed by atoms with Crippen LogP contribution in [0.4, 0.5) is 0 Å². The lowest BCUT2D eigenvalue weighted by molar-refractivity contribution is 0.180. The summed E-state index contributed by atoms with van der Waals surface area (Å²) in [6.45, 7) is 5.34. The van der Waals surface area contributed by atoms with Crippen molar-refractivity contribution in [3.05, 3.63) is 17.5 Å². The molecule has 2 fully saturated rings. The summed E-state index contributed by atoms with van der Waals surface area (Å²) >= 11 is 0. The number of nitrogens with one attached hydrogen (secondary N) is 1. The smallest absolute Gasteiger partial charge is 0.133 e. The summed E-state index contributed by atoms with van der Waals surface area (Å²) < 4.78 is 5.09. The summed E-state index contributed by atoms with van der Waals surface area (Å²) in [5.74, 6) is 0.896. The molecule has 0 aliphatic carbocycles. The average molecular weight is 235 g/mol. The van der Waals surface area contributed by atoms with Gasteiger partial charge in [-0.25, -0.2) is 0 Å². The first-order chi connectivity index (χ1) is 8.33. The molecule has 2 atom stereocenters. The summed E-state index contributed by atoms with van der Waals surface area (Å²) in [6, 6.07) is 3.42. The van der Waals surface area contributed by atoms with Gasteiger partial charge in [0.15, 0.2) is 0 Å². The van der Waals surface area contributed by atoms with Crippen LogP contribution in [-0.2, 0) is 6.54 Å². The molecular formula is C13H21N3O. The lowest BCUT2D eigenvalue weighted by atomic mass is 9.99. The molecule has 2 saturated heterocycles. The Morgan fingerprint density at radius 1 is 1.41 bits per heavy atom. The number of aromatic nitrogens is 1. The highest BCUT2D eigenvalue weighted by molar-refractivity contribution is 5.04. The van der Waals surface area contributed by atoms with Crippen molar-refractivity contribution in [2.45, 2.75) is 51.2 Å². The second kappa shape index (κ2) is 4.78. The fourth-order valence-corrected chi connectivity index (χ4v) is 3.22. The molecule has 2 unspecified atom stereocenters. The number of aryl methyl sites for hydroxylation is 1. The highest BCUT2D eigenvalue weighted by atomic mass is 16.5. The minimum Gasteiger partial charge on any atom is -0.361 e. The molecule has 0 saturated carbocycles. The van der Waals surface area contributed by atoms with Crippen LogP contribution in [-0.4, -0.2) is 35.2 Å². The van der Waals surface area contributed by atoms with E-state index in [1.807, 2.05) is 13.0 Å². The number of nitrogens with zero attached hydrogens (tertiary/aromatic N) is 2. The van der Waals surface area contributed by atoms with Gasteiger partial charge >= 0.3 is 0 Å². The number of fused-ring (bicyclic) bond motifs is 1. The SMILES string of the molecule is Cc1cc(CNC2CCN3CCCCC23)no1. The highest BCUT2D eigenvalue weighted by Gasteiger charge is 2.34. The van der Waals surface area contributed by atoms with Crippen LogP contribution in [0.3, 0.4) is 0 Å². The van der Waals surface area contributed by atoms with Crippen molar-refractivity contribution in [1.29, 1.82) is 0 Å². The molecule has 94 valence electrons. The fraction of sp³-hybridized carbons (Fsp3) is 0.769. The Kier molecular flexibility index (Phi) is 3.16. The average Bonchev–Trinajstić information content (AvgIpc) is 2.93. The van der Waals surface area contributed by atoms with Crippen molar-refractivity contribution in [3.8, 4) is 0 Å². The monoisotopic (exact) mass is 235 g/mol. The lowest BCUT2D eigenvalue weighted by Gasteiger charge is -2.32. The summed E-state index contributed by atoms with van der Waals surface area (Å²) in [6.07, 6.45) is 5.41. The molecule has 1 N–H and O–H groups in total. The standard InChI is InChI=1S/C13H21N3O/c1-10-8-11(15-17-10)9-14-12-5-7-16-6-3-2-4-13(12)16/h8,12-14H,2-7,9H2,1H3. The van der Waals surface area contributed by atoms with Crippen molar-refractivity contribution < 1.29 is 4.52 Å². The van der Waals surface area contributed by atoms with Crippen LogP contribution in [0.15, 0.2) is 10.6 Å². The van der Waals surface area contributed by atoms with E-state index in [9.17, 15) is 0 Å². The van der Waals surface area contributed by atoms with Crippen LogP contribution >= 0.6 is 0 Å². The van der Waals surface area contributed by atoms with Gasteiger partial charge in [0.1, 0.15) is 5.76 Å². The van der Waals surface area contributed by atoms with Gasteiger partial charge in [0.05, 0.1) is 5.69 Å². The number of rotatable bonds is 3. The number of piperidine rings is 1. The van der Waals surface area contributed by atoms with Crippen LogP contribution in [0.1, 0.15) is 37.1 Å². The first-order valence-electron chi connectivity index (χ1n) is 6.72. The molecule has 0 bridgehead atoms. The molecule has 0 amide bonds. The Labute approximate surface area is 102 Å². The summed E-state index contributed by atoms with van der Waals surface area (Å²) in [5, 5.41) is 7.68. The molecule has 1 aromatic heterocycles. The zero-order valence-corrected chi connectivity index (χ0v) is 10.5. The largest absolute Gasteiger partial charge is 0.361 e. The predicted molar refractivity (Wildman–Crippen MR) is 65.7 cm³/mol. The van der Waals surface area contributed by atoms with E-state index >= 15 is 0 Å². The Morgan fingerprint density at radius 2 is 2.35 bits per heavy atom. The molecule has 3 heterocycles. The topological polar surface area (TPSA) is 41.3 Å². The van der Waals surface area contributed by atoms with Crippen molar-refractivity contribution in [1.82, 2.24) is 15.4 Å². The van der Waals surface area contributed by atoms with Crippen molar-refractivity contribution in [3.63, 3.8) is 0 Å². The summed E-state index contributed by atoms with van der Waals surface area (Å²) in [4.78, 5) is 2.65. The van der Waals surface area contributed by atoms with E-state index < -0.39 is 0 Å². The highest BCUT2D eigenvalue weighted by Crippen LogP contribution is 2.27. The van der Waals surface area contributed by atoms with Gasteiger partial charge in [0.2, 0.25) is 0 Å². The van der Waals surface area contributed by atoms with Crippen molar-refractivity contribution in [2.24, 2.45) is 0 Å². The molecule has 4 nitrogen and oxygen atoms in total. The molecule has 1 aromatic rings. The predicted octanol–water partition coefficient (Wildman–Crippen LogP) is 1.70. The van der Waals surface area contributed by atoms with E-state index in [4.69, 9.17) is 4.52 Å². The molecule has 4 heteroatoms. The molecule has 0 aromatic carbocycles. The van der Waals surface area contributed by atoms with E-state index in [0.717, 1.165) is 24.0 Å². The van der Waals surface area contributed by atoms with Crippen molar-refractivity contribution in [2.75, 3.05) is 13.1 Å². The van der Waals surface area contributed by atoms with Gasteiger partial charge in [-0.3, -0.25) is 4.90 Å². The first kappa shape index (κ1) is 11.2. The van der Waals surface area contributed by atoms with E-state index in [1.54, 1.807) is 0 Å². The zero-order chi connectivity index (χ0) is 11.7. The second-order valence-corrected chi connectivity index (χ2v) is 5.30. The van der Waals surface area contributed by atoms with Crippen LogP contribution in [0.2, 0.25) is 0 Å². The third-order valence-electron chi connectivity index (χ3n) is 4.08. The van der Waals surface area contributed by atoms with Crippen LogP contribution in [0.25, 0.3) is 0 Å².